The standard InChI is InChI=1S/C22H31N5O2S/c1-15-12-26(14-28)18(13-27(15)25-21-11-17(23-24-21)16-5-6-16)19-7-8-20(30-19)22(29)9-3-2-4-10-22/h7-8,11,14-16,18,29H,2-6,9-10,12-13H2,1H3,(H2,23,24,25). The highest BCUT2D eigenvalue weighted by Crippen LogP contribution is 2.43. The van der Waals surface area contributed by atoms with Crippen LogP contribution in [0.25, 0.3) is 0 Å². The molecule has 3 heterocycles. The molecule has 2 aliphatic carbocycles. The van der Waals surface area contributed by atoms with E-state index in [2.05, 4.69) is 45.8 Å². The molecule has 7 nitrogen and oxygen atoms in total. The highest BCUT2D eigenvalue weighted by atomic mass is 32.1. The summed E-state index contributed by atoms with van der Waals surface area (Å²) in [7, 11) is 0. The van der Waals surface area contributed by atoms with Gasteiger partial charge in [-0.25, -0.2) is 5.01 Å². The number of carbonyl (C=O) groups excluding carboxylic acids is 1. The largest absolute Gasteiger partial charge is 0.384 e. The van der Waals surface area contributed by atoms with Crippen LogP contribution in [0.4, 0.5) is 5.82 Å². The van der Waals surface area contributed by atoms with E-state index >= 15 is 0 Å². The Bertz CT molecular complexity index is 886. The summed E-state index contributed by atoms with van der Waals surface area (Å²) < 4.78 is 0. The maximum atomic E-state index is 11.8. The van der Waals surface area contributed by atoms with Crippen molar-refractivity contribution < 1.29 is 9.90 Å². The number of carbonyl (C=O) groups is 1. The van der Waals surface area contributed by atoms with Crippen LogP contribution in [0.2, 0.25) is 0 Å². The number of thiophene rings is 1. The molecule has 2 unspecified atom stereocenters. The summed E-state index contributed by atoms with van der Waals surface area (Å²) in [6.07, 6.45) is 8.48. The first kappa shape index (κ1) is 20.0. The highest BCUT2D eigenvalue weighted by Gasteiger charge is 2.37. The van der Waals surface area contributed by atoms with Crippen LogP contribution in [0.15, 0.2) is 18.2 Å². The summed E-state index contributed by atoms with van der Waals surface area (Å²) in [4.78, 5) is 15.9. The molecular weight excluding hydrogens is 398 g/mol. The molecular formula is C22H31N5O2S. The molecule has 162 valence electrons. The van der Waals surface area contributed by atoms with Crippen molar-refractivity contribution in [1.29, 1.82) is 0 Å². The zero-order valence-electron chi connectivity index (χ0n) is 17.5. The second-order valence-corrected chi connectivity index (χ2v) is 10.3. The summed E-state index contributed by atoms with van der Waals surface area (Å²) in [6, 6.07) is 6.42. The van der Waals surface area contributed by atoms with E-state index in [-0.39, 0.29) is 12.1 Å². The molecule has 0 spiro atoms. The Kier molecular flexibility index (Phi) is 5.33. The van der Waals surface area contributed by atoms with Crippen molar-refractivity contribution in [3.05, 3.63) is 33.6 Å². The Hall–Kier alpha value is -1.90. The van der Waals surface area contributed by atoms with E-state index in [4.69, 9.17) is 0 Å². The number of anilines is 1. The van der Waals surface area contributed by atoms with Crippen LogP contribution >= 0.6 is 11.3 Å². The third kappa shape index (κ3) is 3.88. The highest BCUT2D eigenvalue weighted by molar-refractivity contribution is 7.12. The van der Waals surface area contributed by atoms with Gasteiger partial charge < -0.3 is 15.4 Å². The van der Waals surface area contributed by atoms with E-state index in [1.165, 1.54) is 25.0 Å². The Morgan fingerprint density at radius 2 is 2.07 bits per heavy atom. The van der Waals surface area contributed by atoms with Gasteiger partial charge in [-0.15, -0.1) is 11.3 Å². The van der Waals surface area contributed by atoms with Crippen LogP contribution in [0.1, 0.15) is 79.3 Å². The van der Waals surface area contributed by atoms with Gasteiger partial charge in [0.15, 0.2) is 5.82 Å². The van der Waals surface area contributed by atoms with E-state index < -0.39 is 5.60 Å². The number of amides is 1. The lowest BCUT2D eigenvalue weighted by Crippen LogP contribution is -2.54. The van der Waals surface area contributed by atoms with Gasteiger partial charge in [0.05, 0.1) is 11.6 Å². The third-order valence-corrected chi connectivity index (χ3v) is 8.26. The maximum Gasteiger partial charge on any atom is 0.210 e. The van der Waals surface area contributed by atoms with Crippen molar-refractivity contribution in [3.63, 3.8) is 0 Å². The fourth-order valence-corrected chi connectivity index (χ4v) is 6.10. The van der Waals surface area contributed by atoms with Gasteiger partial charge in [-0.3, -0.25) is 9.89 Å². The number of hydrogen-bond donors (Lipinski definition) is 3. The van der Waals surface area contributed by atoms with Gasteiger partial charge in [-0.1, -0.05) is 19.3 Å². The molecule has 1 aliphatic heterocycles. The molecule has 2 saturated carbocycles. The number of nitrogens with one attached hydrogen (secondary N) is 2. The minimum Gasteiger partial charge on any atom is -0.384 e. The minimum absolute atomic E-state index is 0.0287. The molecule has 2 atom stereocenters. The van der Waals surface area contributed by atoms with Gasteiger partial charge in [0.25, 0.3) is 0 Å². The van der Waals surface area contributed by atoms with Crippen LogP contribution in [0, 0.1) is 0 Å². The number of hydrogen-bond acceptors (Lipinski definition) is 6. The average Bonchev–Trinajstić information content (AvgIpc) is 3.28. The molecule has 8 heteroatoms. The van der Waals surface area contributed by atoms with Crippen LogP contribution in [-0.2, 0) is 10.4 Å². The van der Waals surface area contributed by atoms with Gasteiger partial charge in [-0.2, -0.15) is 5.10 Å². The SMILES string of the molecule is CC1CN(C=O)C(c2ccc(C3(O)CCCCC3)s2)CN1Nc1cc(C2CC2)[nH]n1. The van der Waals surface area contributed by atoms with Crippen molar-refractivity contribution in [3.8, 4) is 0 Å². The summed E-state index contributed by atoms with van der Waals surface area (Å²) in [5.74, 6) is 1.48. The predicted molar refractivity (Wildman–Crippen MR) is 117 cm³/mol. The lowest BCUT2D eigenvalue weighted by molar-refractivity contribution is -0.123. The third-order valence-electron chi connectivity index (χ3n) is 6.88. The van der Waals surface area contributed by atoms with Gasteiger partial charge >= 0.3 is 0 Å². The number of H-pyrrole nitrogens is 1. The lowest BCUT2D eigenvalue weighted by Gasteiger charge is -2.43. The van der Waals surface area contributed by atoms with Gasteiger partial charge in [-0.05, 0) is 44.7 Å². The fourth-order valence-electron chi connectivity index (χ4n) is 4.84. The van der Waals surface area contributed by atoms with Crippen LogP contribution in [0.5, 0.6) is 0 Å². The van der Waals surface area contributed by atoms with Crippen molar-refractivity contribution in [2.45, 2.75) is 75.5 Å². The van der Waals surface area contributed by atoms with Crippen molar-refractivity contribution in [2.75, 3.05) is 18.5 Å². The van der Waals surface area contributed by atoms with Gasteiger partial charge in [0.1, 0.15) is 0 Å². The number of rotatable bonds is 6. The smallest absolute Gasteiger partial charge is 0.210 e. The molecule has 3 fully saturated rings. The van der Waals surface area contributed by atoms with E-state index in [1.807, 2.05) is 4.90 Å². The summed E-state index contributed by atoms with van der Waals surface area (Å²) in [5.41, 5.74) is 3.97. The molecule has 2 aromatic rings. The zero-order chi connectivity index (χ0) is 20.7. The second kappa shape index (κ2) is 7.98. The van der Waals surface area contributed by atoms with Crippen LogP contribution in [-0.4, -0.2) is 50.8 Å². The summed E-state index contributed by atoms with van der Waals surface area (Å²) in [5, 5.41) is 20.9. The quantitative estimate of drug-likeness (QED) is 0.610. The molecule has 5 rings (SSSR count). The molecule has 1 saturated heterocycles. The molecule has 3 aliphatic rings. The number of piperazine rings is 1. The van der Waals surface area contributed by atoms with Gasteiger partial charge in [0.2, 0.25) is 6.41 Å². The Morgan fingerprint density at radius 1 is 1.27 bits per heavy atom. The number of aromatic amines is 1. The van der Waals surface area contributed by atoms with E-state index in [0.717, 1.165) is 47.7 Å². The maximum absolute atomic E-state index is 11.8. The van der Waals surface area contributed by atoms with E-state index in [9.17, 15) is 9.90 Å². The molecule has 0 aromatic carbocycles. The number of hydrazine groups is 1. The molecule has 3 N–H and O–H groups in total. The Labute approximate surface area is 181 Å². The molecule has 0 bridgehead atoms. The number of nitrogens with zero attached hydrogens (tertiary/aromatic N) is 3. The van der Waals surface area contributed by atoms with Crippen molar-refractivity contribution >= 4 is 23.6 Å². The summed E-state index contributed by atoms with van der Waals surface area (Å²) in [6.45, 7) is 3.46. The molecule has 0 radical (unpaired) electrons. The van der Waals surface area contributed by atoms with Crippen LogP contribution < -0.4 is 5.43 Å². The summed E-state index contributed by atoms with van der Waals surface area (Å²) >= 11 is 1.66. The first-order valence-electron chi connectivity index (χ1n) is 11.2. The second-order valence-electron chi connectivity index (χ2n) is 9.21. The first-order valence-corrected chi connectivity index (χ1v) is 12.0. The van der Waals surface area contributed by atoms with Crippen molar-refractivity contribution in [2.24, 2.45) is 0 Å². The fraction of sp³-hybridized carbons (Fsp3) is 0.636. The first-order chi connectivity index (χ1) is 14.6. The number of aromatic nitrogens is 2. The monoisotopic (exact) mass is 429 g/mol. The average molecular weight is 430 g/mol. The topological polar surface area (TPSA) is 84.5 Å². The van der Waals surface area contributed by atoms with Crippen LogP contribution in [0.3, 0.4) is 0 Å². The lowest BCUT2D eigenvalue weighted by atomic mass is 9.84. The van der Waals surface area contributed by atoms with E-state index in [1.54, 1.807) is 11.3 Å². The predicted octanol–water partition coefficient (Wildman–Crippen LogP) is 3.73. The number of aliphatic hydroxyl groups is 1. The van der Waals surface area contributed by atoms with Gasteiger partial charge in [0, 0.05) is 46.6 Å². The van der Waals surface area contributed by atoms with Crippen molar-refractivity contribution in [1.82, 2.24) is 20.1 Å². The van der Waals surface area contributed by atoms with E-state index in [0.29, 0.717) is 19.0 Å². The normalized spacial score (nSPS) is 27.2. The zero-order valence-corrected chi connectivity index (χ0v) is 18.3. The Morgan fingerprint density at radius 3 is 2.80 bits per heavy atom. The minimum atomic E-state index is -0.693. The Balaban J connectivity index is 1.33. The molecule has 2 aromatic heterocycles. The molecule has 30 heavy (non-hydrogen) atoms. The molecule has 1 amide bonds.